The Hall–Kier alpha value is -1.58. The van der Waals surface area contributed by atoms with E-state index in [0.29, 0.717) is 6.04 Å². The first-order chi connectivity index (χ1) is 10.2. The fourth-order valence-corrected chi connectivity index (χ4v) is 3.22. The number of fused-ring (bicyclic) bond motifs is 1. The van der Waals surface area contributed by atoms with Crippen LogP contribution in [-0.4, -0.2) is 23.4 Å². The van der Waals surface area contributed by atoms with Crippen LogP contribution in [-0.2, 0) is 12.8 Å². The first kappa shape index (κ1) is 14.4. The standard InChI is InChI=1S/C17H26N4/c1-2-3-10-21(13-8-9-13)17-14(16(18)19)11-12-6-4-5-7-15(12)20-17/h11,13H,2-10H2,1H3,(H3,18,19). The van der Waals surface area contributed by atoms with Crippen molar-refractivity contribution in [3.63, 3.8) is 0 Å². The van der Waals surface area contributed by atoms with E-state index in [2.05, 4.69) is 17.9 Å². The number of unbranched alkanes of at least 4 members (excludes halogenated alkanes) is 1. The van der Waals surface area contributed by atoms with E-state index in [9.17, 15) is 0 Å². The molecule has 1 heterocycles. The SMILES string of the molecule is CCCCN(c1nc2c(cc1C(=N)N)CCCC2)C1CC1. The Morgan fingerprint density at radius 2 is 2.14 bits per heavy atom. The number of nitrogen functional groups attached to an aromatic ring is 1. The summed E-state index contributed by atoms with van der Waals surface area (Å²) in [5.41, 5.74) is 9.24. The van der Waals surface area contributed by atoms with Gasteiger partial charge in [-0.2, -0.15) is 0 Å². The number of hydrogen-bond donors (Lipinski definition) is 2. The quantitative estimate of drug-likeness (QED) is 0.624. The van der Waals surface area contributed by atoms with Gasteiger partial charge in [0, 0.05) is 18.3 Å². The number of rotatable bonds is 6. The number of aromatic nitrogens is 1. The predicted octanol–water partition coefficient (Wildman–Crippen LogP) is 3.01. The zero-order valence-corrected chi connectivity index (χ0v) is 13.0. The number of nitrogens with two attached hydrogens (primary N) is 1. The molecule has 1 aromatic rings. The van der Waals surface area contributed by atoms with Crippen LogP contribution in [0.25, 0.3) is 0 Å². The summed E-state index contributed by atoms with van der Waals surface area (Å²) in [6.45, 7) is 3.25. The van der Waals surface area contributed by atoms with Crippen LogP contribution in [0.1, 0.15) is 62.3 Å². The van der Waals surface area contributed by atoms with E-state index in [1.807, 2.05) is 0 Å². The molecule has 114 valence electrons. The topological polar surface area (TPSA) is 66.0 Å². The third-order valence-corrected chi connectivity index (χ3v) is 4.58. The van der Waals surface area contributed by atoms with Crippen LogP contribution in [0.2, 0.25) is 0 Å². The van der Waals surface area contributed by atoms with Crippen LogP contribution < -0.4 is 10.6 Å². The van der Waals surface area contributed by atoms with Crippen molar-refractivity contribution in [1.29, 1.82) is 5.41 Å². The van der Waals surface area contributed by atoms with Crippen molar-refractivity contribution in [3.8, 4) is 0 Å². The first-order valence-electron chi connectivity index (χ1n) is 8.34. The zero-order valence-electron chi connectivity index (χ0n) is 13.0. The molecular weight excluding hydrogens is 260 g/mol. The normalized spacial score (nSPS) is 17.4. The molecule has 0 radical (unpaired) electrons. The lowest BCUT2D eigenvalue weighted by Gasteiger charge is -2.28. The van der Waals surface area contributed by atoms with Crippen molar-refractivity contribution < 1.29 is 0 Å². The molecule has 0 atom stereocenters. The number of aryl methyl sites for hydroxylation is 2. The average Bonchev–Trinajstić information content (AvgIpc) is 3.31. The molecule has 4 nitrogen and oxygen atoms in total. The number of anilines is 1. The number of nitrogens with one attached hydrogen (secondary N) is 1. The van der Waals surface area contributed by atoms with Crippen LogP contribution >= 0.6 is 0 Å². The fourth-order valence-electron chi connectivity index (χ4n) is 3.22. The first-order valence-corrected chi connectivity index (χ1v) is 8.34. The third kappa shape index (κ3) is 3.04. The second-order valence-electron chi connectivity index (χ2n) is 6.36. The number of pyridine rings is 1. The Kier molecular flexibility index (Phi) is 4.13. The highest BCUT2D eigenvalue weighted by molar-refractivity contribution is 6.00. The average molecular weight is 286 g/mol. The van der Waals surface area contributed by atoms with Crippen molar-refractivity contribution in [3.05, 3.63) is 22.9 Å². The van der Waals surface area contributed by atoms with Gasteiger partial charge in [0.1, 0.15) is 11.7 Å². The second-order valence-corrected chi connectivity index (χ2v) is 6.36. The minimum atomic E-state index is 0.160. The van der Waals surface area contributed by atoms with E-state index in [0.717, 1.165) is 30.8 Å². The van der Waals surface area contributed by atoms with Crippen molar-refractivity contribution in [2.24, 2.45) is 5.73 Å². The molecule has 3 N–H and O–H groups in total. The summed E-state index contributed by atoms with van der Waals surface area (Å²) in [6.07, 6.45) is 9.48. The third-order valence-electron chi connectivity index (χ3n) is 4.58. The molecule has 0 saturated heterocycles. The van der Waals surface area contributed by atoms with Crippen LogP contribution in [0, 0.1) is 5.41 Å². The Balaban J connectivity index is 1.99. The van der Waals surface area contributed by atoms with Gasteiger partial charge in [-0.1, -0.05) is 13.3 Å². The van der Waals surface area contributed by atoms with Crippen molar-refractivity contribution >= 4 is 11.7 Å². The van der Waals surface area contributed by atoms with Crippen LogP contribution in [0.4, 0.5) is 5.82 Å². The van der Waals surface area contributed by atoms with Crippen LogP contribution in [0.15, 0.2) is 6.07 Å². The van der Waals surface area contributed by atoms with Crippen molar-refractivity contribution in [2.45, 2.75) is 64.3 Å². The van der Waals surface area contributed by atoms with Gasteiger partial charge in [-0.3, -0.25) is 5.41 Å². The molecule has 21 heavy (non-hydrogen) atoms. The van der Waals surface area contributed by atoms with E-state index in [-0.39, 0.29) is 5.84 Å². The van der Waals surface area contributed by atoms with Gasteiger partial charge in [0.15, 0.2) is 0 Å². The molecule has 0 aromatic carbocycles. The molecular formula is C17H26N4. The highest BCUT2D eigenvalue weighted by atomic mass is 15.2. The van der Waals surface area contributed by atoms with Gasteiger partial charge in [0.25, 0.3) is 0 Å². The summed E-state index contributed by atoms with van der Waals surface area (Å²) in [7, 11) is 0. The zero-order chi connectivity index (χ0) is 14.8. The molecule has 1 aromatic heterocycles. The number of hydrogen-bond acceptors (Lipinski definition) is 3. The van der Waals surface area contributed by atoms with Crippen molar-refractivity contribution in [1.82, 2.24) is 4.98 Å². The van der Waals surface area contributed by atoms with Gasteiger partial charge in [-0.05, 0) is 56.6 Å². The van der Waals surface area contributed by atoms with E-state index in [1.54, 1.807) is 0 Å². The Bertz CT molecular complexity index is 534. The summed E-state index contributed by atoms with van der Waals surface area (Å²) in [5.74, 6) is 1.13. The smallest absolute Gasteiger partial charge is 0.140 e. The molecule has 2 aliphatic carbocycles. The Morgan fingerprint density at radius 3 is 2.81 bits per heavy atom. The lowest BCUT2D eigenvalue weighted by Crippen LogP contribution is -2.31. The molecule has 2 aliphatic rings. The minimum Gasteiger partial charge on any atom is -0.384 e. The lowest BCUT2D eigenvalue weighted by molar-refractivity contribution is 0.657. The van der Waals surface area contributed by atoms with Gasteiger partial charge < -0.3 is 10.6 Å². The largest absolute Gasteiger partial charge is 0.384 e. The lowest BCUT2D eigenvalue weighted by atomic mass is 9.94. The van der Waals surface area contributed by atoms with Crippen molar-refractivity contribution in [2.75, 3.05) is 11.4 Å². The predicted molar refractivity (Wildman–Crippen MR) is 87.2 cm³/mol. The van der Waals surface area contributed by atoms with E-state index >= 15 is 0 Å². The van der Waals surface area contributed by atoms with E-state index in [1.165, 1.54) is 49.8 Å². The summed E-state index contributed by atoms with van der Waals surface area (Å²) in [4.78, 5) is 7.37. The maximum atomic E-state index is 7.94. The Labute approximate surface area is 127 Å². The highest BCUT2D eigenvalue weighted by Gasteiger charge is 2.32. The molecule has 0 amide bonds. The van der Waals surface area contributed by atoms with Gasteiger partial charge in [0.2, 0.25) is 0 Å². The fraction of sp³-hybridized carbons (Fsp3) is 0.647. The highest BCUT2D eigenvalue weighted by Crippen LogP contribution is 2.34. The molecule has 0 unspecified atom stereocenters. The maximum absolute atomic E-state index is 7.94. The second kappa shape index (κ2) is 6.04. The molecule has 3 rings (SSSR count). The van der Waals surface area contributed by atoms with E-state index < -0.39 is 0 Å². The molecule has 0 spiro atoms. The maximum Gasteiger partial charge on any atom is 0.140 e. The van der Waals surface area contributed by atoms with E-state index in [4.69, 9.17) is 16.1 Å². The van der Waals surface area contributed by atoms with Gasteiger partial charge in [0.05, 0.1) is 5.56 Å². The molecule has 1 fully saturated rings. The summed E-state index contributed by atoms with van der Waals surface area (Å²) in [5, 5.41) is 7.94. The molecule has 0 aliphatic heterocycles. The Morgan fingerprint density at radius 1 is 1.38 bits per heavy atom. The number of amidine groups is 1. The van der Waals surface area contributed by atoms with Gasteiger partial charge >= 0.3 is 0 Å². The van der Waals surface area contributed by atoms with Crippen LogP contribution in [0.5, 0.6) is 0 Å². The molecule has 0 bridgehead atoms. The van der Waals surface area contributed by atoms with Gasteiger partial charge in [-0.25, -0.2) is 4.98 Å². The minimum absolute atomic E-state index is 0.160. The summed E-state index contributed by atoms with van der Waals surface area (Å²) < 4.78 is 0. The van der Waals surface area contributed by atoms with Crippen LogP contribution in [0.3, 0.4) is 0 Å². The molecule has 1 saturated carbocycles. The number of nitrogens with zero attached hydrogens (tertiary/aromatic N) is 2. The summed E-state index contributed by atoms with van der Waals surface area (Å²) in [6, 6.07) is 2.75. The van der Waals surface area contributed by atoms with Gasteiger partial charge in [-0.15, -0.1) is 0 Å². The summed E-state index contributed by atoms with van der Waals surface area (Å²) >= 11 is 0. The monoisotopic (exact) mass is 286 g/mol. The molecule has 4 heteroatoms.